The van der Waals surface area contributed by atoms with Crippen LogP contribution in [-0.2, 0) is 5.54 Å². The van der Waals surface area contributed by atoms with Crippen LogP contribution in [0.4, 0.5) is 0 Å². The molecule has 0 aliphatic heterocycles. The highest BCUT2D eigenvalue weighted by Crippen LogP contribution is 2.23. The van der Waals surface area contributed by atoms with Gasteiger partial charge in [0.05, 0.1) is 11.6 Å². The maximum absolute atomic E-state index is 10.1. The molecule has 0 aliphatic carbocycles. The number of aromatic nitrogens is 1. The van der Waals surface area contributed by atoms with Crippen LogP contribution in [-0.4, -0.2) is 16.6 Å². The van der Waals surface area contributed by atoms with E-state index in [0.29, 0.717) is 11.6 Å². The van der Waals surface area contributed by atoms with Gasteiger partial charge in [-0.1, -0.05) is 23.7 Å². The van der Waals surface area contributed by atoms with Gasteiger partial charge >= 0.3 is 0 Å². The molecule has 1 aromatic heterocycles. The van der Waals surface area contributed by atoms with Gasteiger partial charge in [0.25, 0.3) is 0 Å². The number of benzene rings is 1. The predicted octanol–water partition coefficient (Wildman–Crippen LogP) is 3.35. The molecule has 2 aromatic rings. The van der Waals surface area contributed by atoms with Crippen molar-refractivity contribution >= 4 is 22.9 Å². The third-order valence-corrected chi connectivity index (χ3v) is 4.31. The number of rotatable bonds is 5. The maximum atomic E-state index is 10.1. The number of hydrogen-bond donors (Lipinski definition) is 2. The molecule has 0 spiro atoms. The maximum Gasteiger partial charge on any atom is 0.112 e. The lowest BCUT2D eigenvalue weighted by Gasteiger charge is -2.25. The number of nitrogens with zero attached hydrogens (tertiary/aromatic N) is 1. The number of aliphatic hydroxyl groups excluding tert-OH is 1. The zero-order valence-electron chi connectivity index (χ0n) is 10.9. The summed E-state index contributed by atoms with van der Waals surface area (Å²) in [6.45, 7) is 4.58. The summed E-state index contributed by atoms with van der Waals surface area (Å²) in [7, 11) is 0. The Hall–Kier alpha value is -0.940. The molecule has 1 heterocycles. The Bertz CT molecular complexity index is 511. The van der Waals surface area contributed by atoms with Crippen molar-refractivity contribution in [3.05, 3.63) is 51.4 Å². The lowest BCUT2D eigenvalue weighted by Crippen LogP contribution is -2.39. The fourth-order valence-electron chi connectivity index (χ4n) is 1.76. The topological polar surface area (TPSA) is 45.1 Å². The molecule has 0 aliphatic rings. The van der Waals surface area contributed by atoms with Crippen LogP contribution in [0.2, 0.25) is 5.02 Å². The summed E-state index contributed by atoms with van der Waals surface area (Å²) in [5.41, 5.74) is 0.605. The van der Waals surface area contributed by atoms with Crippen LogP contribution in [0.25, 0.3) is 0 Å². The number of hydrogen-bond acceptors (Lipinski definition) is 4. The van der Waals surface area contributed by atoms with E-state index in [1.54, 1.807) is 29.7 Å². The molecular formula is C14H17ClN2OS. The van der Waals surface area contributed by atoms with E-state index in [4.69, 9.17) is 11.6 Å². The SMILES string of the molecule is CC(C)(NCC(O)c1ccc(Cl)cc1)c1nccs1. The van der Waals surface area contributed by atoms with Gasteiger partial charge in [0.15, 0.2) is 0 Å². The minimum atomic E-state index is -0.559. The Morgan fingerprint density at radius 3 is 2.63 bits per heavy atom. The van der Waals surface area contributed by atoms with Gasteiger partial charge in [-0.05, 0) is 31.5 Å². The van der Waals surface area contributed by atoms with E-state index in [1.165, 1.54) is 0 Å². The van der Waals surface area contributed by atoms with Crippen LogP contribution in [0, 0.1) is 0 Å². The average Bonchev–Trinajstić information content (AvgIpc) is 2.91. The van der Waals surface area contributed by atoms with Crippen molar-refractivity contribution in [1.29, 1.82) is 0 Å². The highest BCUT2D eigenvalue weighted by Gasteiger charge is 2.23. The molecule has 0 amide bonds. The van der Waals surface area contributed by atoms with Crippen molar-refractivity contribution in [2.24, 2.45) is 0 Å². The monoisotopic (exact) mass is 296 g/mol. The molecule has 0 saturated carbocycles. The molecule has 3 nitrogen and oxygen atoms in total. The Morgan fingerprint density at radius 1 is 1.37 bits per heavy atom. The minimum Gasteiger partial charge on any atom is -0.387 e. The number of nitrogens with one attached hydrogen (secondary N) is 1. The summed E-state index contributed by atoms with van der Waals surface area (Å²) >= 11 is 7.44. The lowest BCUT2D eigenvalue weighted by molar-refractivity contribution is 0.161. The Balaban J connectivity index is 1.97. The molecule has 0 fully saturated rings. The molecule has 0 radical (unpaired) electrons. The van der Waals surface area contributed by atoms with Crippen LogP contribution in [0.5, 0.6) is 0 Å². The van der Waals surface area contributed by atoms with E-state index >= 15 is 0 Å². The third-order valence-electron chi connectivity index (χ3n) is 2.96. The van der Waals surface area contributed by atoms with E-state index in [9.17, 15) is 5.11 Å². The fraction of sp³-hybridized carbons (Fsp3) is 0.357. The normalized spacial score (nSPS) is 13.5. The van der Waals surface area contributed by atoms with Crippen molar-refractivity contribution in [2.45, 2.75) is 25.5 Å². The van der Waals surface area contributed by atoms with Crippen molar-refractivity contribution < 1.29 is 5.11 Å². The molecule has 2 N–H and O–H groups in total. The Labute approximate surface area is 122 Å². The Kier molecular flexibility index (Phi) is 4.58. The van der Waals surface area contributed by atoms with E-state index in [2.05, 4.69) is 24.1 Å². The lowest BCUT2D eigenvalue weighted by atomic mass is 10.0. The van der Waals surface area contributed by atoms with Crippen LogP contribution >= 0.6 is 22.9 Å². The quantitative estimate of drug-likeness (QED) is 0.889. The average molecular weight is 297 g/mol. The van der Waals surface area contributed by atoms with Gasteiger partial charge in [-0.3, -0.25) is 0 Å². The summed E-state index contributed by atoms with van der Waals surface area (Å²) < 4.78 is 0. The molecule has 2 rings (SSSR count). The summed E-state index contributed by atoms with van der Waals surface area (Å²) in [5.74, 6) is 0. The highest BCUT2D eigenvalue weighted by atomic mass is 35.5. The van der Waals surface area contributed by atoms with Gasteiger partial charge in [0, 0.05) is 23.1 Å². The van der Waals surface area contributed by atoms with E-state index in [1.807, 2.05) is 17.5 Å². The van der Waals surface area contributed by atoms with Gasteiger partial charge in [0.2, 0.25) is 0 Å². The summed E-state index contributed by atoms with van der Waals surface area (Å²) in [5, 5.41) is 17.1. The molecule has 0 bridgehead atoms. The standard InChI is InChI=1S/C14H17ClN2OS/c1-14(2,13-16-7-8-19-13)17-9-12(18)10-3-5-11(15)6-4-10/h3-8,12,17-18H,9H2,1-2H3. The summed E-state index contributed by atoms with van der Waals surface area (Å²) in [4.78, 5) is 4.31. The molecule has 1 unspecified atom stereocenters. The first-order chi connectivity index (χ1) is 8.99. The summed E-state index contributed by atoms with van der Waals surface area (Å²) in [6.07, 6.45) is 1.23. The van der Waals surface area contributed by atoms with E-state index in [0.717, 1.165) is 10.6 Å². The van der Waals surface area contributed by atoms with Gasteiger partial charge in [-0.2, -0.15) is 0 Å². The summed E-state index contributed by atoms with van der Waals surface area (Å²) in [6, 6.07) is 7.24. The second-order valence-electron chi connectivity index (χ2n) is 4.91. The predicted molar refractivity (Wildman–Crippen MR) is 79.6 cm³/mol. The third kappa shape index (κ3) is 3.76. The van der Waals surface area contributed by atoms with Crippen LogP contribution in [0.3, 0.4) is 0 Å². The Morgan fingerprint density at radius 2 is 2.05 bits per heavy atom. The second kappa shape index (κ2) is 6.01. The number of aliphatic hydroxyl groups is 1. The van der Waals surface area contributed by atoms with Crippen LogP contribution in [0.15, 0.2) is 35.8 Å². The van der Waals surface area contributed by atoms with Gasteiger partial charge < -0.3 is 10.4 Å². The zero-order chi connectivity index (χ0) is 13.9. The minimum absolute atomic E-state index is 0.248. The first-order valence-corrected chi connectivity index (χ1v) is 7.33. The van der Waals surface area contributed by atoms with Crippen molar-refractivity contribution in [2.75, 3.05) is 6.54 Å². The van der Waals surface area contributed by atoms with Gasteiger partial charge in [-0.25, -0.2) is 4.98 Å². The second-order valence-corrected chi connectivity index (χ2v) is 6.24. The fourth-order valence-corrected chi connectivity index (χ4v) is 2.63. The van der Waals surface area contributed by atoms with Crippen molar-refractivity contribution in [1.82, 2.24) is 10.3 Å². The molecule has 1 aromatic carbocycles. The molecule has 5 heteroatoms. The van der Waals surface area contributed by atoms with E-state index in [-0.39, 0.29) is 5.54 Å². The van der Waals surface area contributed by atoms with E-state index < -0.39 is 6.10 Å². The smallest absolute Gasteiger partial charge is 0.112 e. The zero-order valence-corrected chi connectivity index (χ0v) is 12.5. The number of halogens is 1. The highest BCUT2D eigenvalue weighted by molar-refractivity contribution is 7.09. The molecule has 0 saturated heterocycles. The number of thiazole rings is 1. The largest absolute Gasteiger partial charge is 0.387 e. The van der Waals surface area contributed by atoms with Crippen molar-refractivity contribution in [3.63, 3.8) is 0 Å². The molecule has 19 heavy (non-hydrogen) atoms. The molecule has 102 valence electrons. The van der Waals surface area contributed by atoms with Gasteiger partial charge in [0.1, 0.15) is 5.01 Å². The van der Waals surface area contributed by atoms with Gasteiger partial charge in [-0.15, -0.1) is 11.3 Å². The van der Waals surface area contributed by atoms with Crippen molar-refractivity contribution in [3.8, 4) is 0 Å². The molecule has 1 atom stereocenters. The first-order valence-electron chi connectivity index (χ1n) is 6.07. The molecular weight excluding hydrogens is 280 g/mol. The van der Waals surface area contributed by atoms with Crippen LogP contribution < -0.4 is 5.32 Å². The first kappa shape index (κ1) is 14.5. The van der Waals surface area contributed by atoms with Crippen LogP contribution in [0.1, 0.15) is 30.5 Å².